The predicted octanol–water partition coefficient (Wildman–Crippen LogP) is 5.26. The van der Waals surface area contributed by atoms with Gasteiger partial charge in [0.05, 0.1) is 24.5 Å². The smallest absolute Gasteiger partial charge is 0.338 e. The Balaban J connectivity index is 1.40. The van der Waals surface area contributed by atoms with E-state index in [9.17, 15) is 4.79 Å². The number of carbonyl (C=O) groups is 1. The first-order valence-corrected chi connectivity index (χ1v) is 10.1. The number of hydrogen-bond donors (Lipinski definition) is 1. The quantitative estimate of drug-likeness (QED) is 0.351. The maximum absolute atomic E-state index is 12.3. The summed E-state index contributed by atoms with van der Waals surface area (Å²) in [5, 5.41) is 0.688. The second kappa shape index (κ2) is 10.2. The summed E-state index contributed by atoms with van der Waals surface area (Å²) in [6.07, 6.45) is 5.82. The van der Waals surface area contributed by atoms with Gasteiger partial charge in [0.15, 0.2) is 0 Å². The monoisotopic (exact) mass is 403 g/mol. The highest BCUT2D eigenvalue weighted by molar-refractivity contribution is 6.30. The van der Waals surface area contributed by atoms with Crippen molar-refractivity contribution in [1.82, 2.24) is 0 Å². The molecule has 1 fully saturated rings. The number of rotatable bonds is 9. The van der Waals surface area contributed by atoms with Crippen LogP contribution in [-0.4, -0.2) is 25.3 Å². The molecule has 3 rings (SSSR count). The molecule has 0 saturated heterocycles. The molecule has 1 aliphatic carbocycles. The Morgan fingerprint density at radius 3 is 2.39 bits per heavy atom. The normalized spacial score (nSPS) is 14.0. The van der Waals surface area contributed by atoms with E-state index in [0.717, 1.165) is 44.3 Å². The lowest BCUT2D eigenvalue weighted by Crippen LogP contribution is -2.15. The number of carbonyl (C=O) groups excluding carboxylic acids is 1. The molecule has 2 N–H and O–H groups in total. The highest BCUT2D eigenvalue weighted by Crippen LogP contribution is 2.26. The Morgan fingerprint density at radius 1 is 1.00 bits per heavy atom. The van der Waals surface area contributed by atoms with Crippen LogP contribution in [0.25, 0.3) is 0 Å². The molecular weight excluding hydrogens is 378 g/mol. The van der Waals surface area contributed by atoms with E-state index in [1.54, 1.807) is 30.3 Å². The standard InChI is InChI=1S/C22H26ClNO4/c23-17-8-10-18(11-9-17)26-13-3-4-14-27-21-15-16(7-12-20(21)24)22(25)28-19-5-1-2-6-19/h7-12,15,19H,1-6,13-14,24H2. The van der Waals surface area contributed by atoms with E-state index in [2.05, 4.69) is 0 Å². The maximum Gasteiger partial charge on any atom is 0.338 e. The van der Waals surface area contributed by atoms with Gasteiger partial charge in [-0.1, -0.05) is 11.6 Å². The number of hydrogen-bond acceptors (Lipinski definition) is 5. The fraction of sp³-hybridized carbons (Fsp3) is 0.409. The molecule has 0 radical (unpaired) electrons. The largest absolute Gasteiger partial charge is 0.494 e. The lowest BCUT2D eigenvalue weighted by Gasteiger charge is -2.13. The van der Waals surface area contributed by atoms with Crippen molar-refractivity contribution in [1.29, 1.82) is 0 Å². The van der Waals surface area contributed by atoms with E-state index < -0.39 is 0 Å². The van der Waals surface area contributed by atoms with Crippen molar-refractivity contribution in [2.45, 2.75) is 44.6 Å². The lowest BCUT2D eigenvalue weighted by molar-refractivity contribution is 0.0317. The molecule has 0 unspecified atom stereocenters. The van der Waals surface area contributed by atoms with Gasteiger partial charge in [0.25, 0.3) is 0 Å². The number of ether oxygens (including phenoxy) is 3. The number of esters is 1. The molecule has 0 aliphatic heterocycles. The number of anilines is 1. The SMILES string of the molecule is Nc1ccc(C(=O)OC2CCCC2)cc1OCCCCOc1ccc(Cl)cc1. The summed E-state index contributed by atoms with van der Waals surface area (Å²) in [5.41, 5.74) is 6.95. The molecule has 1 saturated carbocycles. The average molecular weight is 404 g/mol. The van der Waals surface area contributed by atoms with Crippen molar-refractivity contribution in [2.24, 2.45) is 0 Å². The van der Waals surface area contributed by atoms with Crippen LogP contribution in [0.1, 0.15) is 48.9 Å². The topological polar surface area (TPSA) is 70.8 Å². The van der Waals surface area contributed by atoms with E-state index in [-0.39, 0.29) is 12.1 Å². The Kier molecular flexibility index (Phi) is 7.43. The van der Waals surface area contributed by atoms with E-state index >= 15 is 0 Å². The molecule has 0 heterocycles. The highest BCUT2D eigenvalue weighted by Gasteiger charge is 2.20. The van der Waals surface area contributed by atoms with Gasteiger partial charge in [0, 0.05) is 5.02 Å². The zero-order chi connectivity index (χ0) is 19.8. The first-order valence-electron chi connectivity index (χ1n) is 9.73. The zero-order valence-corrected chi connectivity index (χ0v) is 16.6. The first kappa shape index (κ1) is 20.3. The van der Waals surface area contributed by atoms with Gasteiger partial charge in [0.2, 0.25) is 0 Å². The molecule has 2 aromatic rings. The predicted molar refractivity (Wildman–Crippen MR) is 110 cm³/mol. The summed E-state index contributed by atoms with van der Waals surface area (Å²) >= 11 is 5.85. The van der Waals surface area contributed by atoms with E-state index in [1.165, 1.54) is 0 Å². The molecule has 0 spiro atoms. The summed E-state index contributed by atoms with van der Waals surface area (Å²) in [4.78, 5) is 12.3. The molecule has 2 aromatic carbocycles. The molecule has 150 valence electrons. The molecular formula is C22H26ClNO4. The molecule has 1 aliphatic rings. The Labute approximate surface area is 170 Å². The molecule has 5 nitrogen and oxygen atoms in total. The van der Waals surface area contributed by atoms with Crippen molar-refractivity contribution in [3.63, 3.8) is 0 Å². The highest BCUT2D eigenvalue weighted by atomic mass is 35.5. The third-order valence-electron chi connectivity index (χ3n) is 4.70. The molecule has 0 aromatic heterocycles. The minimum Gasteiger partial charge on any atom is -0.494 e. The second-order valence-electron chi connectivity index (χ2n) is 6.92. The van der Waals surface area contributed by atoms with Gasteiger partial charge in [-0.15, -0.1) is 0 Å². The molecule has 0 amide bonds. The Morgan fingerprint density at radius 2 is 1.68 bits per heavy atom. The summed E-state index contributed by atoms with van der Waals surface area (Å²) in [6.45, 7) is 1.09. The van der Waals surface area contributed by atoms with Gasteiger partial charge in [-0.25, -0.2) is 4.79 Å². The number of benzene rings is 2. The molecule has 6 heteroatoms. The van der Waals surface area contributed by atoms with Gasteiger partial charge < -0.3 is 19.9 Å². The van der Waals surface area contributed by atoms with Crippen LogP contribution in [0, 0.1) is 0 Å². The van der Waals surface area contributed by atoms with Crippen LogP contribution in [-0.2, 0) is 4.74 Å². The number of nitrogen functional groups attached to an aromatic ring is 1. The molecule has 0 atom stereocenters. The Hall–Kier alpha value is -2.40. The first-order chi connectivity index (χ1) is 13.6. The maximum atomic E-state index is 12.3. The van der Waals surface area contributed by atoms with Crippen LogP contribution in [0.4, 0.5) is 5.69 Å². The van der Waals surface area contributed by atoms with Crippen molar-refractivity contribution >= 4 is 23.3 Å². The van der Waals surface area contributed by atoms with Crippen LogP contribution < -0.4 is 15.2 Å². The summed E-state index contributed by atoms with van der Waals surface area (Å²) in [6, 6.07) is 12.3. The van der Waals surface area contributed by atoms with Crippen molar-refractivity contribution < 1.29 is 19.0 Å². The van der Waals surface area contributed by atoms with Crippen LogP contribution in [0.2, 0.25) is 5.02 Å². The van der Waals surface area contributed by atoms with Gasteiger partial charge in [-0.2, -0.15) is 0 Å². The minimum atomic E-state index is -0.312. The van der Waals surface area contributed by atoms with Crippen molar-refractivity contribution in [3.8, 4) is 11.5 Å². The van der Waals surface area contributed by atoms with Gasteiger partial charge in [-0.05, 0) is 81.0 Å². The fourth-order valence-corrected chi connectivity index (χ4v) is 3.25. The van der Waals surface area contributed by atoms with E-state index in [1.807, 2.05) is 12.1 Å². The fourth-order valence-electron chi connectivity index (χ4n) is 3.12. The van der Waals surface area contributed by atoms with Crippen LogP contribution in [0.5, 0.6) is 11.5 Å². The number of unbranched alkanes of at least 4 members (excludes halogenated alkanes) is 1. The summed E-state index contributed by atoms with van der Waals surface area (Å²) < 4.78 is 16.9. The van der Waals surface area contributed by atoms with Crippen molar-refractivity contribution in [2.75, 3.05) is 18.9 Å². The van der Waals surface area contributed by atoms with E-state index in [4.69, 9.17) is 31.5 Å². The molecule has 0 bridgehead atoms. The van der Waals surface area contributed by atoms with Gasteiger partial charge >= 0.3 is 5.97 Å². The third kappa shape index (κ3) is 6.06. The summed E-state index contributed by atoms with van der Waals surface area (Å²) in [5.74, 6) is 0.996. The zero-order valence-electron chi connectivity index (χ0n) is 15.9. The van der Waals surface area contributed by atoms with Gasteiger partial charge in [0.1, 0.15) is 17.6 Å². The third-order valence-corrected chi connectivity index (χ3v) is 4.96. The Bertz CT molecular complexity index is 773. The molecule has 28 heavy (non-hydrogen) atoms. The number of nitrogens with two attached hydrogens (primary N) is 1. The van der Waals surface area contributed by atoms with Gasteiger partial charge in [-0.3, -0.25) is 0 Å². The number of halogens is 1. The summed E-state index contributed by atoms with van der Waals surface area (Å²) in [7, 11) is 0. The van der Waals surface area contributed by atoms with Crippen molar-refractivity contribution in [3.05, 3.63) is 53.1 Å². The van der Waals surface area contributed by atoms with Crippen LogP contribution in [0.15, 0.2) is 42.5 Å². The van der Waals surface area contributed by atoms with Crippen LogP contribution in [0.3, 0.4) is 0 Å². The minimum absolute atomic E-state index is 0.0371. The van der Waals surface area contributed by atoms with E-state index in [0.29, 0.717) is 35.2 Å². The average Bonchev–Trinajstić information content (AvgIpc) is 3.20. The van der Waals surface area contributed by atoms with Crippen LogP contribution >= 0.6 is 11.6 Å². The second-order valence-corrected chi connectivity index (χ2v) is 7.36. The lowest BCUT2D eigenvalue weighted by atomic mass is 10.2.